The lowest BCUT2D eigenvalue weighted by Crippen LogP contribution is -2.22. The zero-order valence-corrected chi connectivity index (χ0v) is 11.2. The Hall–Kier alpha value is -1.35. The lowest BCUT2D eigenvalue weighted by molar-refractivity contribution is 0.135. The van der Waals surface area contributed by atoms with Gasteiger partial charge in [-0.1, -0.05) is 11.6 Å². The summed E-state index contributed by atoms with van der Waals surface area (Å²) >= 11 is 6.12. The van der Waals surface area contributed by atoms with Gasteiger partial charge in [0.15, 0.2) is 0 Å². The summed E-state index contributed by atoms with van der Waals surface area (Å²) < 4.78 is 10.9. The molecule has 1 aliphatic rings. The van der Waals surface area contributed by atoms with Crippen LogP contribution in [0.15, 0.2) is 30.5 Å². The van der Waals surface area contributed by atoms with Crippen molar-refractivity contribution in [1.29, 1.82) is 0 Å². The minimum Gasteiger partial charge on any atom is -0.497 e. The van der Waals surface area contributed by atoms with Gasteiger partial charge in [-0.15, -0.1) is 0 Å². The highest BCUT2D eigenvalue weighted by Gasteiger charge is 2.10. The zero-order chi connectivity index (χ0) is 12.8. The third-order valence-corrected chi connectivity index (χ3v) is 3.08. The number of hydrogen-bond acceptors (Lipinski definition) is 3. The summed E-state index contributed by atoms with van der Waals surface area (Å²) in [7, 11) is 0. The maximum absolute atomic E-state index is 6.12. The lowest BCUT2D eigenvalue weighted by atomic mass is 10.1. The van der Waals surface area contributed by atoms with Gasteiger partial charge in [-0.2, -0.15) is 0 Å². The van der Waals surface area contributed by atoms with Crippen LogP contribution in [0.3, 0.4) is 0 Å². The Kier molecular flexibility index (Phi) is 4.76. The maximum atomic E-state index is 6.12. The summed E-state index contributed by atoms with van der Waals surface area (Å²) in [5.74, 6) is 0.724. The van der Waals surface area contributed by atoms with Crippen molar-refractivity contribution in [3.63, 3.8) is 0 Å². The van der Waals surface area contributed by atoms with Crippen molar-refractivity contribution in [2.75, 3.05) is 18.5 Å². The highest BCUT2D eigenvalue weighted by molar-refractivity contribution is 6.32. The van der Waals surface area contributed by atoms with Crippen molar-refractivity contribution in [1.82, 2.24) is 0 Å². The Bertz CT molecular complexity index is 420. The Balaban J connectivity index is 1.89. The van der Waals surface area contributed by atoms with Gasteiger partial charge >= 0.3 is 0 Å². The minimum absolute atomic E-state index is 0.236. The van der Waals surface area contributed by atoms with E-state index in [1.165, 1.54) is 0 Å². The largest absolute Gasteiger partial charge is 0.497 e. The second-order valence-electron chi connectivity index (χ2n) is 4.17. The van der Waals surface area contributed by atoms with Crippen LogP contribution in [0, 0.1) is 0 Å². The molecule has 1 atom stereocenters. The van der Waals surface area contributed by atoms with Gasteiger partial charge in [0.2, 0.25) is 0 Å². The molecule has 2 rings (SSSR count). The quantitative estimate of drug-likeness (QED) is 0.879. The molecule has 0 aliphatic carbocycles. The molecular formula is C14H18ClNO2. The molecule has 1 N–H and O–H groups in total. The Labute approximate surface area is 113 Å². The molecule has 1 unspecified atom stereocenters. The number of hydrogen-bond donors (Lipinski definition) is 1. The molecule has 4 heteroatoms. The highest BCUT2D eigenvalue weighted by Crippen LogP contribution is 2.27. The summed E-state index contributed by atoms with van der Waals surface area (Å²) in [4.78, 5) is 0. The van der Waals surface area contributed by atoms with Gasteiger partial charge < -0.3 is 14.8 Å². The van der Waals surface area contributed by atoms with E-state index in [1.807, 2.05) is 31.2 Å². The first-order valence-electron chi connectivity index (χ1n) is 6.26. The van der Waals surface area contributed by atoms with Crippen LogP contribution >= 0.6 is 11.6 Å². The zero-order valence-electron chi connectivity index (χ0n) is 10.5. The fraction of sp³-hybridized carbons (Fsp3) is 0.429. The molecule has 0 amide bonds. The van der Waals surface area contributed by atoms with E-state index < -0.39 is 0 Å². The van der Waals surface area contributed by atoms with E-state index in [9.17, 15) is 0 Å². The normalized spacial score (nSPS) is 18.2. The topological polar surface area (TPSA) is 30.5 Å². The fourth-order valence-corrected chi connectivity index (χ4v) is 2.09. The average Bonchev–Trinajstić information content (AvgIpc) is 2.41. The van der Waals surface area contributed by atoms with Gasteiger partial charge in [-0.05, 0) is 44.0 Å². The van der Waals surface area contributed by atoms with E-state index in [0.717, 1.165) is 30.8 Å². The van der Waals surface area contributed by atoms with E-state index in [-0.39, 0.29) is 6.10 Å². The first kappa shape index (κ1) is 13.1. The third kappa shape index (κ3) is 3.57. The van der Waals surface area contributed by atoms with Crippen molar-refractivity contribution in [3.05, 3.63) is 35.6 Å². The van der Waals surface area contributed by atoms with Gasteiger partial charge in [0.25, 0.3) is 0 Å². The molecule has 0 aromatic heterocycles. The van der Waals surface area contributed by atoms with Gasteiger partial charge in [-0.25, -0.2) is 0 Å². The third-order valence-electron chi connectivity index (χ3n) is 2.79. The number of rotatable bonds is 5. The summed E-state index contributed by atoms with van der Waals surface area (Å²) in [5.41, 5.74) is 0.988. The molecule has 0 saturated carbocycles. The molecular weight excluding hydrogens is 250 g/mol. The van der Waals surface area contributed by atoms with Gasteiger partial charge in [0, 0.05) is 5.69 Å². The smallest absolute Gasteiger partial charge is 0.138 e. The van der Waals surface area contributed by atoms with E-state index >= 15 is 0 Å². The van der Waals surface area contributed by atoms with Crippen LogP contribution in [0.5, 0.6) is 5.75 Å². The molecule has 1 aromatic rings. The van der Waals surface area contributed by atoms with Crippen molar-refractivity contribution in [2.45, 2.75) is 25.9 Å². The standard InChI is InChI=1S/C14H18ClNO2/c1-2-17-14-7-6-11(9-13(14)15)16-10-12-5-3-4-8-18-12/h4,6-9,12,16H,2-3,5,10H2,1H3. The molecule has 0 radical (unpaired) electrons. The van der Waals surface area contributed by atoms with Crippen LogP contribution in [0.1, 0.15) is 19.8 Å². The molecule has 1 heterocycles. The molecule has 1 aliphatic heterocycles. The van der Waals surface area contributed by atoms with Crippen LogP contribution in [-0.4, -0.2) is 19.3 Å². The van der Waals surface area contributed by atoms with Crippen LogP contribution in [0.25, 0.3) is 0 Å². The number of halogens is 1. The minimum atomic E-state index is 0.236. The SMILES string of the molecule is CCOc1ccc(NCC2CCC=CO2)cc1Cl. The molecule has 0 bridgehead atoms. The number of ether oxygens (including phenoxy) is 2. The van der Waals surface area contributed by atoms with Crippen molar-refractivity contribution in [2.24, 2.45) is 0 Å². The van der Waals surface area contributed by atoms with Crippen LogP contribution in [-0.2, 0) is 4.74 Å². The molecule has 0 spiro atoms. The Morgan fingerprint density at radius 1 is 1.50 bits per heavy atom. The summed E-state index contributed by atoms with van der Waals surface area (Å²) in [5, 5.41) is 3.96. The molecule has 18 heavy (non-hydrogen) atoms. The maximum Gasteiger partial charge on any atom is 0.138 e. The van der Waals surface area contributed by atoms with Gasteiger partial charge in [0.1, 0.15) is 11.9 Å². The average molecular weight is 268 g/mol. The highest BCUT2D eigenvalue weighted by atomic mass is 35.5. The van der Waals surface area contributed by atoms with E-state index in [4.69, 9.17) is 21.1 Å². The first-order valence-corrected chi connectivity index (χ1v) is 6.64. The van der Waals surface area contributed by atoms with Crippen molar-refractivity contribution >= 4 is 17.3 Å². The summed E-state index contributed by atoms with van der Waals surface area (Å²) in [6.45, 7) is 3.35. The first-order chi connectivity index (χ1) is 8.79. The van der Waals surface area contributed by atoms with E-state index in [0.29, 0.717) is 11.6 Å². The molecule has 0 fully saturated rings. The van der Waals surface area contributed by atoms with Crippen molar-refractivity contribution < 1.29 is 9.47 Å². The molecule has 3 nitrogen and oxygen atoms in total. The van der Waals surface area contributed by atoms with Gasteiger partial charge in [0.05, 0.1) is 24.4 Å². The second-order valence-corrected chi connectivity index (χ2v) is 4.57. The number of anilines is 1. The molecule has 0 saturated heterocycles. The summed E-state index contributed by atoms with van der Waals surface area (Å²) in [6, 6.07) is 5.73. The van der Waals surface area contributed by atoms with Gasteiger partial charge in [-0.3, -0.25) is 0 Å². The number of allylic oxidation sites excluding steroid dienone is 1. The van der Waals surface area contributed by atoms with Crippen LogP contribution in [0.2, 0.25) is 5.02 Å². The monoisotopic (exact) mass is 267 g/mol. The molecule has 1 aromatic carbocycles. The predicted molar refractivity (Wildman–Crippen MR) is 74.4 cm³/mol. The van der Waals surface area contributed by atoms with Crippen LogP contribution < -0.4 is 10.1 Å². The van der Waals surface area contributed by atoms with Crippen molar-refractivity contribution in [3.8, 4) is 5.75 Å². The number of benzene rings is 1. The summed E-state index contributed by atoms with van der Waals surface area (Å²) in [6.07, 6.45) is 6.19. The number of nitrogens with one attached hydrogen (secondary N) is 1. The van der Waals surface area contributed by atoms with E-state index in [2.05, 4.69) is 5.32 Å². The lowest BCUT2D eigenvalue weighted by Gasteiger charge is -2.20. The predicted octanol–water partition coefficient (Wildman–Crippen LogP) is 3.84. The Morgan fingerprint density at radius 3 is 3.06 bits per heavy atom. The Morgan fingerprint density at radius 2 is 2.39 bits per heavy atom. The van der Waals surface area contributed by atoms with E-state index in [1.54, 1.807) is 6.26 Å². The van der Waals surface area contributed by atoms with Crippen LogP contribution in [0.4, 0.5) is 5.69 Å². The fourth-order valence-electron chi connectivity index (χ4n) is 1.85. The molecule has 98 valence electrons. The second kappa shape index (κ2) is 6.55.